The summed E-state index contributed by atoms with van der Waals surface area (Å²) in [6.45, 7) is 2.05. The van der Waals surface area contributed by atoms with Gasteiger partial charge in [0.2, 0.25) is 0 Å². The molecule has 0 heterocycles. The molecule has 1 N–H and O–H groups in total. The first-order valence-corrected chi connectivity index (χ1v) is 6.23. The van der Waals surface area contributed by atoms with E-state index in [4.69, 9.17) is 4.74 Å². The van der Waals surface area contributed by atoms with Crippen molar-refractivity contribution in [3.05, 3.63) is 65.0 Å². The van der Waals surface area contributed by atoms with Gasteiger partial charge in [0.15, 0.2) is 11.6 Å². The zero-order chi connectivity index (χ0) is 13.8. The summed E-state index contributed by atoms with van der Waals surface area (Å²) < 4.78 is 18.7. The van der Waals surface area contributed by atoms with Crippen LogP contribution in [0.1, 0.15) is 22.7 Å². The van der Waals surface area contributed by atoms with Crippen LogP contribution in [-0.4, -0.2) is 14.2 Å². The van der Waals surface area contributed by atoms with Gasteiger partial charge in [0.1, 0.15) is 0 Å². The highest BCUT2D eigenvalue weighted by Gasteiger charge is 2.14. The maximum atomic E-state index is 13.8. The van der Waals surface area contributed by atoms with Gasteiger partial charge in [-0.3, -0.25) is 0 Å². The number of methoxy groups -OCH3 is 1. The molecular weight excluding hydrogens is 241 g/mol. The first-order valence-electron chi connectivity index (χ1n) is 6.23. The van der Waals surface area contributed by atoms with Crippen LogP contribution in [0, 0.1) is 12.7 Å². The Morgan fingerprint density at radius 1 is 1.11 bits per heavy atom. The van der Waals surface area contributed by atoms with Gasteiger partial charge in [-0.25, -0.2) is 4.39 Å². The fourth-order valence-electron chi connectivity index (χ4n) is 2.24. The van der Waals surface area contributed by atoms with Gasteiger partial charge in [-0.15, -0.1) is 0 Å². The van der Waals surface area contributed by atoms with E-state index < -0.39 is 0 Å². The maximum Gasteiger partial charge on any atom is 0.165 e. The molecule has 2 aromatic rings. The van der Waals surface area contributed by atoms with Crippen molar-refractivity contribution < 1.29 is 9.13 Å². The van der Waals surface area contributed by atoms with E-state index >= 15 is 0 Å². The van der Waals surface area contributed by atoms with Crippen LogP contribution in [0.15, 0.2) is 42.5 Å². The number of halogens is 1. The Labute approximate surface area is 113 Å². The van der Waals surface area contributed by atoms with Crippen LogP contribution in [0.4, 0.5) is 4.39 Å². The third kappa shape index (κ3) is 2.93. The van der Waals surface area contributed by atoms with Crippen LogP contribution in [0.5, 0.6) is 5.75 Å². The highest BCUT2D eigenvalue weighted by atomic mass is 19.1. The molecular formula is C16H18FNO. The Kier molecular flexibility index (Phi) is 4.17. The van der Waals surface area contributed by atoms with Gasteiger partial charge < -0.3 is 10.1 Å². The molecule has 0 saturated carbocycles. The van der Waals surface area contributed by atoms with Crippen molar-refractivity contribution in [2.24, 2.45) is 0 Å². The highest BCUT2D eigenvalue weighted by Crippen LogP contribution is 2.26. The predicted octanol–water partition coefficient (Wildman–Crippen LogP) is 3.45. The lowest BCUT2D eigenvalue weighted by Gasteiger charge is -2.18. The molecule has 19 heavy (non-hydrogen) atoms. The van der Waals surface area contributed by atoms with Crippen LogP contribution < -0.4 is 10.1 Å². The van der Waals surface area contributed by atoms with E-state index in [1.807, 2.05) is 38.2 Å². The molecule has 0 amide bonds. The Bertz CT molecular complexity index is 568. The van der Waals surface area contributed by atoms with E-state index in [-0.39, 0.29) is 17.6 Å². The van der Waals surface area contributed by atoms with Gasteiger partial charge in [-0.05, 0) is 37.2 Å². The molecule has 2 rings (SSSR count). The summed E-state index contributed by atoms with van der Waals surface area (Å²) in [5.74, 6) is -0.0734. The summed E-state index contributed by atoms with van der Waals surface area (Å²) >= 11 is 0. The van der Waals surface area contributed by atoms with Crippen molar-refractivity contribution in [2.75, 3.05) is 14.2 Å². The summed E-state index contributed by atoms with van der Waals surface area (Å²) in [5.41, 5.74) is 3.19. The fourth-order valence-corrected chi connectivity index (χ4v) is 2.24. The van der Waals surface area contributed by atoms with E-state index in [2.05, 4.69) is 11.4 Å². The van der Waals surface area contributed by atoms with Crippen molar-refractivity contribution in [3.8, 4) is 5.75 Å². The molecule has 0 aliphatic carbocycles. The molecule has 1 unspecified atom stereocenters. The van der Waals surface area contributed by atoms with Crippen molar-refractivity contribution >= 4 is 0 Å². The number of nitrogens with one attached hydrogen (secondary N) is 1. The highest BCUT2D eigenvalue weighted by molar-refractivity contribution is 5.37. The van der Waals surface area contributed by atoms with Gasteiger partial charge in [0, 0.05) is 0 Å². The van der Waals surface area contributed by atoms with Crippen LogP contribution in [-0.2, 0) is 0 Å². The SMILES string of the molecule is CNC(c1cccc(C)c1)c1ccc(OC)c(F)c1. The number of ether oxygens (including phenoxy) is 1. The molecule has 100 valence electrons. The normalized spacial score (nSPS) is 12.2. The number of hydrogen-bond donors (Lipinski definition) is 1. The molecule has 0 bridgehead atoms. The summed E-state index contributed by atoms with van der Waals surface area (Å²) in [5, 5.41) is 3.22. The minimum Gasteiger partial charge on any atom is -0.494 e. The van der Waals surface area contributed by atoms with Gasteiger partial charge >= 0.3 is 0 Å². The second-order valence-electron chi connectivity index (χ2n) is 4.53. The number of benzene rings is 2. The van der Waals surface area contributed by atoms with Gasteiger partial charge in [0.25, 0.3) is 0 Å². The van der Waals surface area contributed by atoms with Crippen LogP contribution >= 0.6 is 0 Å². The Hall–Kier alpha value is -1.87. The van der Waals surface area contributed by atoms with Gasteiger partial charge in [0.05, 0.1) is 13.2 Å². The number of rotatable bonds is 4. The third-order valence-corrected chi connectivity index (χ3v) is 3.17. The summed E-state index contributed by atoms with van der Waals surface area (Å²) in [6, 6.07) is 13.2. The molecule has 0 radical (unpaired) electrons. The van der Waals surface area contributed by atoms with E-state index in [0.29, 0.717) is 0 Å². The van der Waals surface area contributed by atoms with Crippen molar-refractivity contribution in [1.82, 2.24) is 5.32 Å². The molecule has 0 aromatic heterocycles. The van der Waals surface area contributed by atoms with E-state index in [9.17, 15) is 4.39 Å². The molecule has 2 aromatic carbocycles. The molecule has 0 aliphatic rings. The smallest absolute Gasteiger partial charge is 0.165 e. The first kappa shape index (κ1) is 13.6. The van der Waals surface area contributed by atoms with Crippen LogP contribution in [0.3, 0.4) is 0 Å². The number of hydrogen-bond acceptors (Lipinski definition) is 2. The topological polar surface area (TPSA) is 21.3 Å². The van der Waals surface area contributed by atoms with E-state index in [1.54, 1.807) is 6.07 Å². The first-order chi connectivity index (χ1) is 9.15. The zero-order valence-electron chi connectivity index (χ0n) is 11.4. The Morgan fingerprint density at radius 2 is 1.84 bits per heavy atom. The average molecular weight is 259 g/mol. The molecule has 3 heteroatoms. The summed E-state index contributed by atoms with van der Waals surface area (Å²) in [7, 11) is 3.34. The molecule has 2 nitrogen and oxygen atoms in total. The zero-order valence-corrected chi connectivity index (χ0v) is 11.4. The lowest BCUT2D eigenvalue weighted by atomic mass is 9.97. The standard InChI is InChI=1S/C16H18FNO/c1-11-5-4-6-12(9-11)16(18-2)13-7-8-15(19-3)14(17)10-13/h4-10,16,18H,1-3H3. The van der Waals surface area contributed by atoms with E-state index in [1.165, 1.54) is 18.7 Å². The minimum atomic E-state index is -0.340. The Balaban J connectivity index is 2.39. The summed E-state index contributed by atoms with van der Waals surface area (Å²) in [4.78, 5) is 0. The lowest BCUT2D eigenvalue weighted by Crippen LogP contribution is -2.18. The lowest BCUT2D eigenvalue weighted by molar-refractivity contribution is 0.386. The number of aryl methyl sites for hydroxylation is 1. The molecule has 0 saturated heterocycles. The minimum absolute atomic E-state index is 0.0275. The monoisotopic (exact) mass is 259 g/mol. The molecule has 0 aliphatic heterocycles. The maximum absolute atomic E-state index is 13.8. The average Bonchev–Trinajstić information content (AvgIpc) is 2.40. The largest absolute Gasteiger partial charge is 0.494 e. The molecule has 0 spiro atoms. The summed E-state index contributed by atoms with van der Waals surface area (Å²) in [6.07, 6.45) is 0. The quantitative estimate of drug-likeness (QED) is 0.908. The second kappa shape index (κ2) is 5.85. The van der Waals surface area contributed by atoms with Crippen molar-refractivity contribution in [2.45, 2.75) is 13.0 Å². The van der Waals surface area contributed by atoms with Crippen LogP contribution in [0.25, 0.3) is 0 Å². The van der Waals surface area contributed by atoms with Crippen molar-refractivity contribution in [1.29, 1.82) is 0 Å². The molecule has 0 fully saturated rings. The molecule has 1 atom stereocenters. The van der Waals surface area contributed by atoms with E-state index in [0.717, 1.165) is 11.1 Å². The predicted molar refractivity (Wildman–Crippen MR) is 75.0 cm³/mol. The second-order valence-corrected chi connectivity index (χ2v) is 4.53. The van der Waals surface area contributed by atoms with Crippen molar-refractivity contribution in [3.63, 3.8) is 0 Å². The van der Waals surface area contributed by atoms with Gasteiger partial charge in [-0.1, -0.05) is 35.9 Å². The van der Waals surface area contributed by atoms with Crippen LogP contribution in [0.2, 0.25) is 0 Å². The third-order valence-electron chi connectivity index (χ3n) is 3.17. The Morgan fingerprint density at radius 3 is 2.42 bits per heavy atom. The fraction of sp³-hybridized carbons (Fsp3) is 0.250. The van der Waals surface area contributed by atoms with Gasteiger partial charge in [-0.2, -0.15) is 0 Å².